The van der Waals surface area contributed by atoms with Gasteiger partial charge >= 0.3 is 103 Å². The van der Waals surface area contributed by atoms with E-state index < -0.39 is 0 Å². The van der Waals surface area contributed by atoms with Crippen LogP contribution in [0.15, 0.2) is 5.18 Å². The van der Waals surface area contributed by atoms with Crippen LogP contribution < -0.4 is 17.2 Å². The molecule has 2 atom stereocenters. The standard InChI is InChI=1S/C6H11I3NO/c1-5(6(7)9-8)3-2-4-10-11/h5-6H,2-4H2,1H3/q-1. The summed E-state index contributed by atoms with van der Waals surface area (Å²) in [4.78, 5) is 9.78. The number of nitrogens with zero attached hydrogens (tertiary/aromatic N) is 1. The van der Waals surface area contributed by atoms with Gasteiger partial charge in [0.15, 0.2) is 0 Å². The van der Waals surface area contributed by atoms with Gasteiger partial charge in [0.05, 0.1) is 0 Å². The zero-order chi connectivity index (χ0) is 8.69. The van der Waals surface area contributed by atoms with Crippen LogP contribution in [-0.4, -0.2) is 8.48 Å². The predicted molar refractivity (Wildman–Crippen MR) is 60.9 cm³/mol. The second-order valence-corrected chi connectivity index (χ2v) is 11.1. The molecule has 0 heterocycles. The third kappa shape index (κ3) is 6.91. The van der Waals surface area contributed by atoms with Crippen molar-refractivity contribution < 1.29 is 17.2 Å². The van der Waals surface area contributed by atoms with Crippen molar-refractivity contribution in [1.29, 1.82) is 0 Å². The summed E-state index contributed by atoms with van der Waals surface area (Å²) in [6.45, 7) is 2.76. The predicted octanol–water partition coefficient (Wildman–Crippen LogP) is 0.369. The molecule has 5 heteroatoms. The van der Waals surface area contributed by atoms with Gasteiger partial charge in [-0.15, -0.1) is 0 Å². The van der Waals surface area contributed by atoms with Crippen LogP contribution in [0.2, 0.25) is 0 Å². The van der Waals surface area contributed by atoms with Gasteiger partial charge in [-0.1, -0.05) is 0 Å². The number of nitroso groups, excluding NO2 is 1. The van der Waals surface area contributed by atoms with Gasteiger partial charge < -0.3 is 0 Å². The van der Waals surface area contributed by atoms with Crippen LogP contribution in [0.3, 0.4) is 0 Å². The molecule has 0 fully saturated rings. The maximum absolute atomic E-state index is 9.78. The van der Waals surface area contributed by atoms with Crippen molar-refractivity contribution in [3.63, 3.8) is 0 Å². The molecule has 0 aromatic carbocycles. The molecule has 0 aliphatic carbocycles. The second-order valence-electron chi connectivity index (χ2n) is 2.39. The first kappa shape index (κ1) is 12.8. The van der Waals surface area contributed by atoms with E-state index in [9.17, 15) is 4.91 Å². The molecule has 0 radical (unpaired) electrons. The first-order valence-electron chi connectivity index (χ1n) is 3.40. The third-order valence-electron chi connectivity index (χ3n) is 1.42. The molecule has 11 heavy (non-hydrogen) atoms. The Labute approximate surface area is 101 Å². The van der Waals surface area contributed by atoms with Crippen molar-refractivity contribution in [1.82, 2.24) is 0 Å². The summed E-state index contributed by atoms with van der Waals surface area (Å²) in [6, 6.07) is 0. The SMILES string of the molecule is CC(CCCN=O)C(I)[I-]I. The molecule has 0 aromatic heterocycles. The van der Waals surface area contributed by atoms with E-state index in [1.807, 2.05) is 0 Å². The monoisotopic (exact) mass is 494 g/mol. The number of alkyl halides is 2. The number of hydrogen-bond donors (Lipinski definition) is 0. The Kier molecular flexibility index (Phi) is 9.76. The third-order valence-corrected chi connectivity index (χ3v) is 15.3. The summed E-state index contributed by atoms with van der Waals surface area (Å²) >= 11 is 5.35. The minimum atomic E-state index is 0.330. The molecule has 2 unspecified atom stereocenters. The molecule has 0 bridgehead atoms. The van der Waals surface area contributed by atoms with Crippen LogP contribution in [-0.2, 0) is 0 Å². The van der Waals surface area contributed by atoms with Crippen molar-refractivity contribution in [2.75, 3.05) is 6.54 Å². The molecule has 0 saturated heterocycles. The van der Waals surface area contributed by atoms with Crippen molar-refractivity contribution in [2.24, 2.45) is 11.1 Å². The van der Waals surface area contributed by atoms with E-state index in [2.05, 4.69) is 53.3 Å². The molecular weight excluding hydrogens is 483 g/mol. The summed E-state index contributed by atoms with van der Waals surface area (Å²) in [5.41, 5.74) is 0. The number of halogens is 3. The van der Waals surface area contributed by atoms with E-state index in [1.165, 1.54) is 0 Å². The fourth-order valence-corrected chi connectivity index (χ4v) is 4.98. The molecule has 0 saturated carbocycles. The molecule has 68 valence electrons. The zero-order valence-electron chi connectivity index (χ0n) is 6.27. The molecule has 0 spiro atoms. The molecule has 2 nitrogen and oxygen atoms in total. The Bertz CT molecular complexity index is 112. The summed E-state index contributed by atoms with van der Waals surface area (Å²) in [6.07, 6.45) is 2.12. The average molecular weight is 494 g/mol. The summed E-state index contributed by atoms with van der Waals surface area (Å²) in [5, 5.41) is 2.85. The first-order valence-corrected chi connectivity index (χ1v) is 12.2. The Morgan fingerprint density at radius 3 is 2.73 bits per heavy atom. The van der Waals surface area contributed by atoms with Crippen LogP contribution in [0.1, 0.15) is 19.8 Å². The molecule has 0 aromatic rings. The van der Waals surface area contributed by atoms with Gasteiger partial charge in [-0.25, -0.2) is 0 Å². The molecule has 0 aliphatic rings. The molecule has 0 N–H and O–H groups in total. The van der Waals surface area contributed by atoms with Gasteiger partial charge in [0.1, 0.15) is 0 Å². The maximum atomic E-state index is 9.78. The quantitative estimate of drug-likeness (QED) is 0.228. The fraction of sp³-hybridized carbons (Fsp3) is 1.00. The zero-order valence-corrected chi connectivity index (χ0v) is 12.7. The average Bonchev–Trinajstić information content (AvgIpc) is 2.03. The Morgan fingerprint density at radius 2 is 2.27 bits per heavy atom. The van der Waals surface area contributed by atoms with E-state index in [4.69, 9.17) is 0 Å². The molecule has 0 rings (SSSR count). The van der Waals surface area contributed by atoms with E-state index in [0.29, 0.717) is 23.8 Å². The van der Waals surface area contributed by atoms with Crippen LogP contribution in [0.4, 0.5) is 0 Å². The van der Waals surface area contributed by atoms with Crippen LogP contribution in [0.25, 0.3) is 0 Å². The number of rotatable bonds is 6. The van der Waals surface area contributed by atoms with Gasteiger partial charge in [-0.2, -0.15) is 0 Å². The van der Waals surface area contributed by atoms with Crippen LogP contribution in [0.5, 0.6) is 0 Å². The summed E-state index contributed by atoms with van der Waals surface area (Å²) in [5.74, 6) is 0.766. The Morgan fingerprint density at radius 1 is 1.64 bits per heavy atom. The van der Waals surface area contributed by atoms with E-state index in [-0.39, 0.29) is 0 Å². The Balaban J connectivity index is 3.34. The van der Waals surface area contributed by atoms with Crippen molar-refractivity contribution in [2.45, 2.75) is 21.7 Å². The van der Waals surface area contributed by atoms with Crippen LogP contribution >= 0.6 is 41.2 Å². The van der Waals surface area contributed by atoms with Gasteiger partial charge in [0, 0.05) is 0 Å². The molecule has 0 amide bonds. The topological polar surface area (TPSA) is 29.4 Å². The van der Waals surface area contributed by atoms with Gasteiger partial charge in [-0.05, 0) is 0 Å². The van der Waals surface area contributed by atoms with Gasteiger partial charge in [-0.3, -0.25) is 0 Å². The van der Waals surface area contributed by atoms with Gasteiger partial charge in [0.25, 0.3) is 0 Å². The van der Waals surface area contributed by atoms with Gasteiger partial charge in [0.2, 0.25) is 0 Å². The van der Waals surface area contributed by atoms with E-state index in [0.717, 1.165) is 20.7 Å². The normalized spacial score (nSPS) is 16.3. The number of hydrogen-bond acceptors (Lipinski definition) is 2. The van der Waals surface area contributed by atoms with Crippen molar-refractivity contribution in [3.8, 4) is 0 Å². The van der Waals surface area contributed by atoms with Crippen molar-refractivity contribution >= 4 is 41.2 Å². The second kappa shape index (κ2) is 8.39. The summed E-state index contributed by atoms with van der Waals surface area (Å²) in [7, 11) is 0. The molecule has 0 aliphatic heterocycles. The summed E-state index contributed by atoms with van der Waals surface area (Å²) < 4.78 is 0.846. The van der Waals surface area contributed by atoms with E-state index >= 15 is 0 Å². The minimum absolute atomic E-state index is 0.330. The van der Waals surface area contributed by atoms with E-state index in [1.54, 1.807) is 0 Å². The molecular formula is C6H11I3NO-. The fourth-order valence-electron chi connectivity index (χ4n) is 0.685. The first-order chi connectivity index (χ1) is 5.22. The van der Waals surface area contributed by atoms with Crippen molar-refractivity contribution in [3.05, 3.63) is 4.91 Å². The van der Waals surface area contributed by atoms with Crippen LogP contribution in [0, 0.1) is 10.8 Å². The Hall–Kier alpha value is 1.79.